The minimum Gasteiger partial charge on any atom is -0.465 e. The van der Waals surface area contributed by atoms with Crippen molar-refractivity contribution in [1.29, 1.82) is 0 Å². The van der Waals surface area contributed by atoms with Gasteiger partial charge in [-0.1, -0.05) is 62.4 Å². The number of nitrogens with two attached hydrogens (primary N) is 1. The lowest BCUT2D eigenvalue weighted by atomic mass is 9.85. The van der Waals surface area contributed by atoms with Crippen molar-refractivity contribution in [2.75, 3.05) is 14.2 Å². The SMILES string of the molecule is CN/C(=C\N)C(CCC1CCCCC1)OCc1ccc(C(=O)OC)c(-c2ccccc2C)c1. The molecule has 0 radical (unpaired) electrons. The van der Waals surface area contributed by atoms with Gasteiger partial charge in [0.15, 0.2) is 0 Å². The number of hydrogen-bond donors (Lipinski definition) is 2. The van der Waals surface area contributed by atoms with Crippen molar-refractivity contribution >= 4 is 5.97 Å². The Hall–Kier alpha value is -2.79. The van der Waals surface area contributed by atoms with Crippen molar-refractivity contribution in [3.63, 3.8) is 0 Å². The van der Waals surface area contributed by atoms with E-state index in [1.807, 2.05) is 56.4 Å². The second-order valence-electron chi connectivity index (χ2n) is 8.94. The number of hydrogen-bond acceptors (Lipinski definition) is 5. The zero-order valence-electron chi connectivity index (χ0n) is 20.2. The van der Waals surface area contributed by atoms with Gasteiger partial charge in [0, 0.05) is 13.2 Å². The molecule has 3 N–H and O–H groups in total. The average molecular weight is 451 g/mol. The molecular formula is C28H38N2O3. The molecule has 0 aromatic heterocycles. The lowest BCUT2D eigenvalue weighted by Crippen LogP contribution is -2.26. The Balaban J connectivity index is 1.79. The van der Waals surface area contributed by atoms with Crippen LogP contribution in [0.1, 0.15) is 66.4 Å². The first kappa shape index (κ1) is 24.8. The molecule has 1 atom stereocenters. The molecule has 0 spiro atoms. The molecule has 0 amide bonds. The van der Waals surface area contributed by atoms with E-state index in [0.717, 1.165) is 46.7 Å². The summed E-state index contributed by atoms with van der Waals surface area (Å²) in [6.07, 6.45) is 10.3. The molecule has 1 saturated carbocycles. The largest absolute Gasteiger partial charge is 0.465 e. The number of carbonyl (C=O) groups is 1. The summed E-state index contributed by atoms with van der Waals surface area (Å²) in [5, 5.41) is 3.20. The van der Waals surface area contributed by atoms with Crippen molar-refractivity contribution < 1.29 is 14.3 Å². The summed E-state index contributed by atoms with van der Waals surface area (Å²) < 4.78 is 11.4. The van der Waals surface area contributed by atoms with E-state index in [9.17, 15) is 4.79 Å². The second-order valence-corrected chi connectivity index (χ2v) is 8.94. The van der Waals surface area contributed by atoms with Crippen LogP contribution in [0.4, 0.5) is 0 Å². The van der Waals surface area contributed by atoms with Gasteiger partial charge in [-0.25, -0.2) is 4.79 Å². The van der Waals surface area contributed by atoms with Gasteiger partial charge in [-0.15, -0.1) is 0 Å². The second kappa shape index (κ2) is 12.4. The maximum atomic E-state index is 12.4. The summed E-state index contributed by atoms with van der Waals surface area (Å²) >= 11 is 0. The summed E-state index contributed by atoms with van der Waals surface area (Å²) in [4.78, 5) is 12.4. The van der Waals surface area contributed by atoms with Crippen LogP contribution in [-0.4, -0.2) is 26.2 Å². The molecule has 0 bridgehead atoms. The first-order chi connectivity index (χ1) is 16.1. The van der Waals surface area contributed by atoms with E-state index in [2.05, 4.69) is 5.32 Å². The van der Waals surface area contributed by atoms with Gasteiger partial charge >= 0.3 is 5.97 Å². The Morgan fingerprint density at radius 1 is 1.15 bits per heavy atom. The van der Waals surface area contributed by atoms with E-state index < -0.39 is 0 Å². The van der Waals surface area contributed by atoms with Crippen molar-refractivity contribution in [2.45, 2.75) is 64.6 Å². The molecular weight excluding hydrogens is 412 g/mol. The Morgan fingerprint density at radius 2 is 1.91 bits per heavy atom. The number of ether oxygens (including phenoxy) is 2. The van der Waals surface area contributed by atoms with Crippen molar-refractivity contribution in [3.8, 4) is 11.1 Å². The molecule has 3 rings (SSSR count). The fraction of sp³-hybridized carbons (Fsp3) is 0.464. The molecule has 1 fully saturated rings. The third-order valence-electron chi connectivity index (χ3n) is 6.75. The molecule has 33 heavy (non-hydrogen) atoms. The number of rotatable bonds is 10. The maximum absolute atomic E-state index is 12.4. The van der Waals surface area contributed by atoms with Gasteiger partial charge < -0.3 is 20.5 Å². The Morgan fingerprint density at radius 3 is 2.58 bits per heavy atom. The van der Waals surface area contributed by atoms with Gasteiger partial charge in [-0.3, -0.25) is 0 Å². The fourth-order valence-corrected chi connectivity index (χ4v) is 4.81. The van der Waals surface area contributed by atoms with Crippen molar-refractivity contribution in [2.24, 2.45) is 11.7 Å². The average Bonchev–Trinajstić information content (AvgIpc) is 2.86. The first-order valence-corrected chi connectivity index (χ1v) is 12.1. The third kappa shape index (κ3) is 6.61. The standard InChI is InChI=1S/C28H38N2O3/c1-20-9-7-8-12-23(20)25-17-22(13-15-24(25)28(31)32-3)19-33-27(26(18-29)30-2)16-14-21-10-5-4-6-11-21/h7-9,12-13,15,17-18,21,27,30H,4-6,10-11,14,16,19,29H2,1-3H3/b26-18-. The van der Waals surface area contributed by atoms with E-state index in [1.165, 1.54) is 39.2 Å². The van der Waals surface area contributed by atoms with Crippen LogP contribution in [0.2, 0.25) is 0 Å². The monoisotopic (exact) mass is 450 g/mol. The summed E-state index contributed by atoms with van der Waals surface area (Å²) in [6, 6.07) is 13.9. The first-order valence-electron chi connectivity index (χ1n) is 12.1. The molecule has 1 unspecified atom stereocenters. The number of nitrogens with one attached hydrogen (secondary N) is 1. The molecule has 1 aliphatic rings. The third-order valence-corrected chi connectivity index (χ3v) is 6.75. The highest BCUT2D eigenvalue weighted by molar-refractivity contribution is 5.97. The minimum atomic E-state index is -0.338. The van der Waals surface area contributed by atoms with Crippen LogP contribution in [0.25, 0.3) is 11.1 Å². The summed E-state index contributed by atoms with van der Waals surface area (Å²) in [5.41, 5.74) is 11.4. The van der Waals surface area contributed by atoms with Crippen molar-refractivity contribution in [3.05, 3.63) is 71.1 Å². The van der Waals surface area contributed by atoms with Gasteiger partial charge in [-0.2, -0.15) is 0 Å². The lowest BCUT2D eigenvalue weighted by molar-refractivity contribution is 0.0493. The van der Waals surface area contributed by atoms with Crippen molar-refractivity contribution in [1.82, 2.24) is 5.32 Å². The topological polar surface area (TPSA) is 73.6 Å². The molecule has 2 aromatic carbocycles. The van der Waals surface area contributed by atoms with Gasteiger partial charge in [0.25, 0.3) is 0 Å². The maximum Gasteiger partial charge on any atom is 0.338 e. The number of carbonyl (C=O) groups excluding carboxylic acids is 1. The van der Waals surface area contributed by atoms with E-state index in [1.54, 1.807) is 6.20 Å². The van der Waals surface area contributed by atoms with Gasteiger partial charge in [-0.05, 0) is 60.1 Å². The number of esters is 1. The zero-order chi connectivity index (χ0) is 23.6. The molecule has 5 nitrogen and oxygen atoms in total. The van der Waals surface area contributed by atoms with Crippen LogP contribution in [0.3, 0.4) is 0 Å². The minimum absolute atomic E-state index is 0.0795. The van der Waals surface area contributed by atoms with Gasteiger partial charge in [0.1, 0.15) is 0 Å². The predicted molar refractivity (Wildman–Crippen MR) is 134 cm³/mol. The van der Waals surface area contributed by atoms with Crippen LogP contribution in [-0.2, 0) is 16.1 Å². The molecule has 1 aliphatic carbocycles. The highest BCUT2D eigenvalue weighted by atomic mass is 16.5. The van der Waals surface area contributed by atoms with Crippen LogP contribution < -0.4 is 11.1 Å². The highest BCUT2D eigenvalue weighted by Gasteiger charge is 2.20. The molecule has 0 aliphatic heterocycles. The molecule has 5 heteroatoms. The Kier molecular flexibility index (Phi) is 9.37. The van der Waals surface area contributed by atoms with Crippen LogP contribution >= 0.6 is 0 Å². The van der Waals surface area contributed by atoms with E-state index >= 15 is 0 Å². The van der Waals surface area contributed by atoms with Crippen LogP contribution in [0, 0.1) is 12.8 Å². The summed E-state index contributed by atoms with van der Waals surface area (Å²) in [7, 11) is 3.30. The highest BCUT2D eigenvalue weighted by Crippen LogP contribution is 2.31. The predicted octanol–water partition coefficient (Wildman–Crippen LogP) is 5.71. The van der Waals surface area contributed by atoms with Gasteiger partial charge in [0.2, 0.25) is 0 Å². The van der Waals surface area contributed by atoms with E-state index in [0.29, 0.717) is 12.2 Å². The zero-order valence-corrected chi connectivity index (χ0v) is 20.2. The Bertz CT molecular complexity index is 948. The molecule has 2 aromatic rings. The number of benzene rings is 2. The number of likely N-dealkylation sites (N-methyl/N-ethyl adjacent to an activating group) is 1. The Labute approximate surface area is 198 Å². The fourth-order valence-electron chi connectivity index (χ4n) is 4.81. The van der Waals surface area contributed by atoms with E-state index in [-0.39, 0.29) is 12.1 Å². The summed E-state index contributed by atoms with van der Waals surface area (Å²) in [6.45, 7) is 2.49. The quantitative estimate of drug-likeness (QED) is 0.453. The van der Waals surface area contributed by atoms with E-state index in [4.69, 9.17) is 15.2 Å². The van der Waals surface area contributed by atoms with Gasteiger partial charge in [0.05, 0.1) is 31.1 Å². The normalized spacial score (nSPS) is 15.8. The van der Waals surface area contributed by atoms with Crippen LogP contribution in [0.15, 0.2) is 54.4 Å². The smallest absolute Gasteiger partial charge is 0.338 e. The van der Waals surface area contributed by atoms with Crippen LogP contribution in [0.5, 0.6) is 0 Å². The molecule has 0 heterocycles. The lowest BCUT2D eigenvalue weighted by Gasteiger charge is -2.26. The summed E-state index contributed by atoms with van der Waals surface area (Å²) in [5.74, 6) is 0.447. The number of aryl methyl sites for hydroxylation is 1. The molecule has 178 valence electrons. The number of methoxy groups -OCH3 is 1. The molecule has 0 saturated heterocycles.